The topological polar surface area (TPSA) is 601 Å². The maximum atomic E-state index is 13.5. The maximum absolute atomic E-state index is 13.5. The van der Waals surface area contributed by atoms with Crippen molar-refractivity contribution in [2.75, 3.05) is 135 Å². The Bertz CT molecular complexity index is 6140. The second-order valence-electron chi connectivity index (χ2n) is 25.8. The summed E-state index contributed by atoms with van der Waals surface area (Å²) in [5.74, 6) is -0.0784. The van der Waals surface area contributed by atoms with Crippen LogP contribution in [0, 0.1) is 20.2 Å². The van der Waals surface area contributed by atoms with E-state index in [0.717, 1.165) is 12.1 Å². The van der Waals surface area contributed by atoms with Crippen molar-refractivity contribution in [3.8, 4) is 17.2 Å². The minimum Gasteiger partial charge on any atom is -0.554 e. The minimum absolute atomic E-state index is 0. The van der Waals surface area contributed by atoms with Crippen LogP contribution in [-0.4, -0.2) is 204 Å². The Morgan fingerprint density at radius 1 is 0.415 bits per heavy atom. The predicted molar refractivity (Wildman–Crippen MR) is 457 cm³/mol. The number of carbonyl (C=O) groups is 5. The molecule has 0 saturated heterocycles. The van der Waals surface area contributed by atoms with Crippen LogP contribution in [0.1, 0.15) is 0 Å². The quantitative estimate of drug-likeness (QED) is 0.00981. The fraction of sp³-hybridized carbons (Fsp3) is 0.156. The van der Waals surface area contributed by atoms with Crippen molar-refractivity contribution >= 4 is 180 Å². The number of hydrogen-bond acceptors (Lipinski definition) is 33. The first kappa shape index (κ1) is 98.1. The molecule has 0 bridgehead atoms. The molecule has 0 aliphatic carbocycles. The van der Waals surface area contributed by atoms with Gasteiger partial charge in [-0.25, -0.2) is 55.2 Å². The molecule has 0 saturated carbocycles. The number of nitrogens with one attached hydrogen (secondary N) is 8. The Labute approximate surface area is 746 Å². The monoisotopic (exact) mass is 1770 g/mol. The molecule has 46 heteroatoms. The molecule has 640 valence electrons. The fourth-order valence-electron chi connectivity index (χ4n) is 10.4. The molecule has 12 aromatic rings. The maximum Gasteiger partial charge on any atom is 1.00 e. The summed E-state index contributed by atoms with van der Waals surface area (Å²) < 4.78 is 102. The van der Waals surface area contributed by atoms with Gasteiger partial charge < -0.3 is 82.2 Å². The van der Waals surface area contributed by atoms with Gasteiger partial charge in [-0.15, -0.1) is 0 Å². The van der Waals surface area contributed by atoms with Crippen molar-refractivity contribution in [2.45, 2.75) is 14.7 Å². The van der Waals surface area contributed by atoms with E-state index in [4.69, 9.17) is 50.6 Å². The van der Waals surface area contributed by atoms with Gasteiger partial charge in [0, 0.05) is 89.1 Å². The average Bonchev–Trinajstić information content (AvgIpc) is 0.792. The van der Waals surface area contributed by atoms with Crippen LogP contribution in [0.5, 0.6) is 17.2 Å². The minimum atomic E-state index is -4.32. The zero-order valence-electron chi connectivity index (χ0n) is 67.3. The first-order valence-electron chi connectivity index (χ1n) is 35.1. The number of hydrogen-bond donors (Lipinski definition) is 12. The van der Waals surface area contributed by atoms with Gasteiger partial charge in [-0.2, -0.15) is 0 Å². The van der Waals surface area contributed by atoms with Gasteiger partial charge in [0.2, 0.25) is 11.8 Å². The van der Waals surface area contributed by atoms with Gasteiger partial charge >= 0.3 is 57.4 Å². The smallest absolute Gasteiger partial charge is 0.554 e. The number of carboxylic acid groups (broad SMARTS) is 3. The molecule has 12 rings (SSSR count). The Morgan fingerprint density at radius 2 is 0.740 bits per heavy atom. The number of likely N-dealkylation sites (N-methyl/N-ethyl adjacent to an activating group) is 3. The third kappa shape index (κ3) is 30.5. The zero-order valence-corrected chi connectivity index (χ0v) is 72.9. The van der Waals surface area contributed by atoms with E-state index in [-0.39, 0.29) is 156 Å². The number of sulfonamides is 3. The van der Waals surface area contributed by atoms with Crippen molar-refractivity contribution in [3.05, 3.63) is 220 Å². The molecule has 0 unspecified atom stereocenters. The molecule has 14 N–H and O–H groups in total. The van der Waals surface area contributed by atoms with E-state index in [1.165, 1.54) is 82.0 Å². The van der Waals surface area contributed by atoms with Crippen molar-refractivity contribution in [3.63, 3.8) is 0 Å². The number of aromatic nitrogens is 6. The number of nitrogens with zero attached hydrogens (tertiary/aromatic N) is 11. The second kappa shape index (κ2) is 46.2. The first-order valence-corrected chi connectivity index (χ1v) is 39.6. The Balaban J connectivity index is 0.000000267. The van der Waals surface area contributed by atoms with Crippen molar-refractivity contribution in [1.82, 2.24) is 44.6 Å². The molecule has 9 aromatic carbocycles. The fourth-order valence-corrected chi connectivity index (χ4v) is 13.6. The van der Waals surface area contributed by atoms with Crippen LogP contribution in [0.3, 0.4) is 0 Å². The Hall–Kier alpha value is -13.7. The standard InChI is InChI=1S/C29H34N8O5S.C21H16N6O7S.C21H20N6O3S.C4H9NO2.2CH2O2.K/c1-36(2)17-26(38)30-19-9-8-10-23(16-19)43(40,41)35-29-28(33-24-11-6-7-12-25(24)34-29)32-21-13-20(14-22(15-21)42-5)31-27(39)18-37(3)4;1-34-16-10-13(9-15(11-16)27(30)31)22-20-21(24-19-8-3-2-7-18(19)23-20)25-35(32,33)17-6-4-5-14(12-17)26(28)29;1-30-16-10-14(23)9-15(12-16)24-20-21(26-19-8-3-2-7-18(19)25-20)27-31(28,29)17-6-4-5-13(22)11-17;1-5(2)3-4(6)7;2*2-1-3;/h6-16H,17-18H2,1-5H3,(H,30,38)(H,31,39)(H,32,33)(H,34,35);2-12H,1H3,(H,22,23)(H,24,25);2-12H,22-23H2,1H3,(H,24,25)(H,26,27);3H2,1-2H3,(H,6,7);2*1H,(H,2,3);/q;;;;;;+1/p-1. The molecular weight excluding hydrogens is 1690 g/mol. The molecule has 3 aromatic heterocycles. The van der Waals surface area contributed by atoms with Gasteiger partial charge in [-0.1, -0.05) is 54.6 Å². The molecule has 0 atom stereocenters. The number of para-hydroxylation sites is 6. The second-order valence-corrected chi connectivity index (χ2v) is 30.8. The van der Waals surface area contributed by atoms with E-state index in [0.29, 0.717) is 78.7 Å². The van der Waals surface area contributed by atoms with Crippen LogP contribution >= 0.6 is 0 Å². The van der Waals surface area contributed by atoms with Crippen molar-refractivity contribution in [2.24, 2.45) is 0 Å². The zero-order chi connectivity index (χ0) is 89.6. The third-order valence-electron chi connectivity index (χ3n) is 15.4. The van der Waals surface area contributed by atoms with E-state index >= 15 is 0 Å². The van der Waals surface area contributed by atoms with Crippen LogP contribution in [0.25, 0.3) is 33.1 Å². The van der Waals surface area contributed by atoms with Crippen molar-refractivity contribution in [1.29, 1.82) is 0 Å². The van der Waals surface area contributed by atoms with Gasteiger partial charge in [0.1, 0.15) is 17.2 Å². The number of anilines is 13. The van der Waals surface area contributed by atoms with E-state index in [1.807, 2.05) is 6.07 Å². The number of rotatable bonds is 28. The number of aliphatic carboxylic acids is 1. The summed E-state index contributed by atoms with van der Waals surface area (Å²) in [7, 11) is 2.45. The molecule has 0 fully saturated rings. The number of nitro benzene ring substituents is 2. The number of nitro groups is 2. The van der Waals surface area contributed by atoms with E-state index in [1.54, 1.807) is 178 Å². The molecule has 0 aliphatic heterocycles. The SMILES string of the molecule is CN(C)CC(=O)O.COc1cc(N)cc(Nc2nc3ccccc3nc2NS(=O)(=O)c2cccc(N)c2)c1.COc1cc(NC(=O)CN(C)C)cc(Nc2nc3ccccc3nc2NS(=O)(=O)c2cccc(NC(=O)CN(C)C)c2)c1.COc1cc(Nc2nc3ccccc3nc2NS(=O)(=O)c2cccc([N+](=O)[O-])c2)cc([N+](=O)[O-])c1.O=CO.O=C[O-].[K+]. The number of non-ortho nitro benzene ring substituents is 2. The normalized spacial score (nSPS) is 10.7. The van der Waals surface area contributed by atoms with Gasteiger partial charge in [-0.3, -0.25) is 58.5 Å². The molecule has 0 radical (unpaired) electrons. The largest absolute Gasteiger partial charge is 1.00 e. The van der Waals surface area contributed by atoms with E-state index in [9.17, 15) is 59.9 Å². The van der Waals surface area contributed by atoms with E-state index in [2.05, 4.69) is 70.7 Å². The summed E-state index contributed by atoms with van der Waals surface area (Å²) in [6.07, 6.45) is 0. The number of amides is 2. The van der Waals surface area contributed by atoms with Crippen LogP contribution < -0.4 is 123 Å². The summed E-state index contributed by atoms with van der Waals surface area (Å²) in [6, 6.07) is 51.2. The van der Waals surface area contributed by atoms with Gasteiger partial charge in [0.15, 0.2) is 34.9 Å². The molecule has 0 spiro atoms. The van der Waals surface area contributed by atoms with Gasteiger partial charge in [0.05, 0.1) is 110 Å². The van der Waals surface area contributed by atoms with Crippen LogP contribution in [-0.2, 0) is 54.0 Å². The van der Waals surface area contributed by atoms with Gasteiger partial charge in [0.25, 0.3) is 47.9 Å². The molecular formula is C77H82KN21O21S3. The van der Waals surface area contributed by atoms with Crippen molar-refractivity contribution < 1.29 is 140 Å². The number of fused-ring (bicyclic) bond motifs is 3. The Kier molecular flexibility index (Phi) is 36.9. The molecule has 123 heavy (non-hydrogen) atoms. The molecule has 3 heterocycles. The summed E-state index contributed by atoms with van der Waals surface area (Å²) >= 11 is 0. The summed E-state index contributed by atoms with van der Waals surface area (Å²) in [4.78, 5) is 104. The number of methoxy groups -OCH3 is 3. The van der Waals surface area contributed by atoms with Gasteiger partial charge in [-0.05, 0) is 133 Å². The number of benzene rings is 9. The van der Waals surface area contributed by atoms with Crippen LogP contribution in [0.4, 0.5) is 86.1 Å². The number of nitrogen functional groups attached to an aromatic ring is 2. The van der Waals surface area contributed by atoms with Crippen LogP contribution in [0.15, 0.2) is 215 Å². The Morgan fingerprint density at radius 3 is 1.11 bits per heavy atom. The third-order valence-corrected chi connectivity index (χ3v) is 19.4. The molecule has 0 aliphatic rings. The number of carboxylic acids is 1. The molecule has 2 amide bonds. The number of carbonyl (C=O) groups excluding carboxylic acids is 3. The number of ether oxygens (including phenoxy) is 3. The summed E-state index contributed by atoms with van der Waals surface area (Å²) in [5.41, 5.74) is 16.7. The predicted octanol–water partition coefficient (Wildman–Crippen LogP) is 5.23. The average molecular weight is 1770 g/mol. The van der Waals surface area contributed by atoms with Crippen LogP contribution in [0.2, 0.25) is 0 Å². The first-order chi connectivity index (χ1) is 57.9. The van der Waals surface area contributed by atoms with E-state index < -0.39 is 58.0 Å². The summed E-state index contributed by atoms with van der Waals surface area (Å²) in [6.45, 7) is -0.315. The number of nitrogens with two attached hydrogens (primary N) is 2. The molecule has 42 nitrogen and oxygen atoms in total. The summed E-state index contributed by atoms with van der Waals surface area (Å²) in [5, 5.41) is 60.1.